The number of carbonyl (C=O) groups excluding carboxylic acids is 1. The lowest BCUT2D eigenvalue weighted by Gasteiger charge is -2.02. The zero-order valence-corrected chi connectivity index (χ0v) is 10.2. The molecule has 0 unspecified atom stereocenters. The molecular weight excluding hydrogens is 196 g/mol. The van der Waals surface area contributed by atoms with Gasteiger partial charge in [0.05, 0.1) is 0 Å². The SMILES string of the molecule is CCCCCCCCC(=O)OCSC. The molecule has 0 bridgehead atoms. The summed E-state index contributed by atoms with van der Waals surface area (Å²) in [4.78, 5) is 11.1. The number of esters is 1. The number of hydrogen-bond acceptors (Lipinski definition) is 3. The normalized spacial score (nSPS) is 10.1. The molecule has 0 spiro atoms. The van der Waals surface area contributed by atoms with Crippen molar-refractivity contribution in [3.63, 3.8) is 0 Å². The molecule has 0 aromatic carbocycles. The monoisotopic (exact) mass is 218 g/mol. The van der Waals surface area contributed by atoms with Crippen LogP contribution in [0.3, 0.4) is 0 Å². The van der Waals surface area contributed by atoms with Crippen molar-refractivity contribution >= 4 is 17.7 Å². The molecule has 0 atom stereocenters. The van der Waals surface area contributed by atoms with Crippen LogP contribution >= 0.6 is 11.8 Å². The van der Waals surface area contributed by atoms with Gasteiger partial charge in [-0.3, -0.25) is 4.79 Å². The van der Waals surface area contributed by atoms with Crippen LogP contribution in [0.15, 0.2) is 0 Å². The van der Waals surface area contributed by atoms with Gasteiger partial charge in [-0.25, -0.2) is 0 Å². The highest BCUT2D eigenvalue weighted by molar-refractivity contribution is 7.98. The van der Waals surface area contributed by atoms with Gasteiger partial charge in [-0.2, -0.15) is 0 Å². The number of ether oxygens (including phenoxy) is 1. The summed E-state index contributed by atoms with van der Waals surface area (Å²) in [5.74, 6) is 0.448. The molecule has 0 aliphatic rings. The Morgan fingerprint density at radius 3 is 2.43 bits per heavy atom. The Bertz CT molecular complexity index is 137. The molecule has 0 aliphatic heterocycles. The van der Waals surface area contributed by atoms with Gasteiger partial charge in [-0.05, 0) is 12.7 Å². The molecule has 0 aromatic rings. The van der Waals surface area contributed by atoms with Crippen molar-refractivity contribution in [2.75, 3.05) is 12.2 Å². The second-order valence-electron chi connectivity index (χ2n) is 3.44. The summed E-state index contributed by atoms with van der Waals surface area (Å²) in [5.41, 5.74) is 0. The lowest BCUT2D eigenvalue weighted by molar-refractivity contribution is -0.141. The Kier molecular flexibility index (Phi) is 10.8. The Labute approximate surface area is 91.8 Å². The summed E-state index contributed by atoms with van der Waals surface area (Å²) >= 11 is 1.54. The molecule has 0 aliphatic carbocycles. The maximum absolute atomic E-state index is 11.1. The van der Waals surface area contributed by atoms with E-state index in [9.17, 15) is 4.79 Å². The molecule has 0 amide bonds. The summed E-state index contributed by atoms with van der Waals surface area (Å²) in [6.07, 6.45) is 9.81. The van der Waals surface area contributed by atoms with Gasteiger partial charge < -0.3 is 4.74 Å². The number of unbranched alkanes of at least 4 members (excludes halogenated alkanes) is 5. The molecule has 0 aromatic heterocycles. The first-order valence-electron chi connectivity index (χ1n) is 5.45. The molecular formula is C11H22O2S. The molecule has 0 saturated carbocycles. The van der Waals surface area contributed by atoms with E-state index in [0.717, 1.165) is 12.8 Å². The van der Waals surface area contributed by atoms with E-state index in [1.165, 1.54) is 37.4 Å². The van der Waals surface area contributed by atoms with Crippen LogP contribution in [0.2, 0.25) is 0 Å². The van der Waals surface area contributed by atoms with Crippen molar-refractivity contribution in [2.24, 2.45) is 0 Å². The van der Waals surface area contributed by atoms with Crippen molar-refractivity contribution in [1.29, 1.82) is 0 Å². The predicted octanol–water partition coefficient (Wildman–Crippen LogP) is 3.60. The van der Waals surface area contributed by atoms with E-state index in [2.05, 4.69) is 6.92 Å². The highest BCUT2D eigenvalue weighted by Gasteiger charge is 2.00. The zero-order chi connectivity index (χ0) is 10.6. The number of thioether (sulfide) groups is 1. The maximum atomic E-state index is 11.1. The summed E-state index contributed by atoms with van der Waals surface area (Å²) in [7, 11) is 0. The molecule has 84 valence electrons. The molecule has 3 heteroatoms. The van der Waals surface area contributed by atoms with E-state index in [1.807, 2.05) is 6.26 Å². The van der Waals surface area contributed by atoms with E-state index in [1.54, 1.807) is 0 Å². The highest BCUT2D eigenvalue weighted by atomic mass is 32.2. The first-order chi connectivity index (χ1) is 6.81. The van der Waals surface area contributed by atoms with Crippen LogP contribution in [0.4, 0.5) is 0 Å². The van der Waals surface area contributed by atoms with Crippen LogP contribution in [-0.2, 0) is 9.53 Å². The minimum Gasteiger partial charge on any atom is -0.455 e. The van der Waals surface area contributed by atoms with Crippen LogP contribution < -0.4 is 0 Å². The molecule has 2 nitrogen and oxygen atoms in total. The second-order valence-corrected chi connectivity index (χ2v) is 4.25. The third-order valence-corrected chi connectivity index (χ3v) is 2.43. The van der Waals surface area contributed by atoms with Crippen LogP contribution in [0.1, 0.15) is 51.9 Å². The number of hydrogen-bond donors (Lipinski definition) is 0. The summed E-state index contributed by atoms with van der Waals surface area (Å²) < 4.78 is 4.94. The second kappa shape index (κ2) is 10.9. The smallest absolute Gasteiger partial charge is 0.306 e. The maximum Gasteiger partial charge on any atom is 0.306 e. The average Bonchev–Trinajstić information content (AvgIpc) is 2.20. The fourth-order valence-electron chi connectivity index (χ4n) is 1.25. The predicted molar refractivity (Wildman–Crippen MR) is 62.5 cm³/mol. The van der Waals surface area contributed by atoms with Crippen molar-refractivity contribution < 1.29 is 9.53 Å². The van der Waals surface area contributed by atoms with Crippen molar-refractivity contribution in [3.8, 4) is 0 Å². The largest absolute Gasteiger partial charge is 0.455 e. The zero-order valence-electron chi connectivity index (χ0n) is 9.38. The van der Waals surface area contributed by atoms with Gasteiger partial charge in [-0.15, -0.1) is 11.8 Å². The van der Waals surface area contributed by atoms with Gasteiger partial charge in [0.1, 0.15) is 5.94 Å². The summed E-state index contributed by atoms with van der Waals surface area (Å²) in [6, 6.07) is 0. The lowest BCUT2D eigenvalue weighted by atomic mass is 10.1. The summed E-state index contributed by atoms with van der Waals surface area (Å²) in [6.45, 7) is 2.21. The first kappa shape index (κ1) is 13.8. The quantitative estimate of drug-likeness (QED) is 0.336. The van der Waals surface area contributed by atoms with Gasteiger partial charge in [0.25, 0.3) is 0 Å². The van der Waals surface area contributed by atoms with E-state index in [-0.39, 0.29) is 5.97 Å². The van der Waals surface area contributed by atoms with Gasteiger partial charge in [0.15, 0.2) is 0 Å². The van der Waals surface area contributed by atoms with Gasteiger partial charge in [0, 0.05) is 6.42 Å². The van der Waals surface area contributed by atoms with Crippen molar-refractivity contribution in [2.45, 2.75) is 51.9 Å². The summed E-state index contributed by atoms with van der Waals surface area (Å²) in [5, 5.41) is 0. The van der Waals surface area contributed by atoms with Crippen LogP contribution in [0, 0.1) is 0 Å². The minimum absolute atomic E-state index is 0.0464. The minimum atomic E-state index is -0.0464. The molecule has 0 N–H and O–H groups in total. The van der Waals surface area contributed by atoms with Gasteiger partial charge in [-0.1, -0.05) is 39.0 Å². The Morgan fingerprint density at radius 1 is 1.14 bits per heavy atom. The van der Waals surface area contributed by atoms with E-state index < -0.39 is 0 Å². The van der Waals surface area contributed by atoms with Crippen LogP contribution in [-0.4, -0.2) is 18.2 Å². The Hall–Kier alpha value is -0.180. The van der Waals surface area contributed by atoms with E-state index in [0.29, 0.717) is 12.4 Å². The third-order valence-electron chi connectivity index (χ3n) is 2.07. The molecule has 0 heterocycles. The number of rotatable bonds is 9. The average molecular weight is 218 g/mol. The molecule has 0 radical (unpaired) electrons. The van der Waals surface area contributed by atoms with E-state index in [4.69, 9.17) is 4.74 Å². The lowest BCUT2D eigenvalue weighted by Crippen LogP contribution is -2.03. The molecule has 14 heavy (non-hydrogen) atoms. The Balaban J connectivity index is 3.07. The Morgan fingerprint density at radius 2 is 1.79 bits per heavy atom. The van der Waals surface area contributed by atoms with Gasteiger partial charge in [0.2, 0.25) is 0 Å². The standard InChI is InChI=1S/C11H22O2S/c1-3-4-5-6-7-8-9-11(12)13-10-14-2/h3-10H2,1-2H3. The third kappa shape index (κ3) is 9.90. The topological polar surface area (TPSA) is 26.3 Å². The van der Waals surface area contributed by atoms with Crippen LogP contribution in [0.25, 0.3) is 0 Å². The highest BCUT2D eigenvalue weighted by Crippen LogP contribution is 2.07. The van der Waals surface area contributed by atoms with Gasteiger partial charge >= 0.3 is 5.97 Å². The first-order valence-corrected chi connectivity index (χ1v) is 6.85. The fourth-order valence-corrected chi connectivity index (χ4v) is 1.50. The fraction of sp³-hybridized carbons (Fsp3) is 0.909. The van der Waals surface area contributed by atoms with E-state index >= 15 is 0 Å². The molecule has 0 saturated heterocycles. The molecule has 0 rings (SSSR count). The van der Waals surface area contributed by atoms with Crippen molar-refractivity contribution in [3.05, 3.63) is 0 Å². The molecule has 0 fully saturated rings. The number of carbonyl (C=O) groups is 1. The van der Waals surface area contributed by atoms with Crippen LogP contribution in [0.5, 0.6) is 0 Å². The van der Waals surface area contributed by atoms with Crippen molar-refractivity contribution in [1.82, 2.24) is 0 Å².